The molecular formula is C17H25BrClFN2O. The smallest absolute Gasteiger partial charge is 0.223 e. The Morgan fingerprint density at radius 2 is 2.22 bits per heavy atom. The maximum atomic E-state index is 13.9. The molecule has 0 bridgehead atoms. The van der Waals surface area contributed by atoms with Crippen molar-refractivity contribution in [2.45, 2.75) is 45.7 Å². The van der Waals surface area contributed by atoms with Crippen LogP contribution in [0.15, 0.2) is 22.7 Å². The van der Waals surface area contributed by atoms with Crippen LogP contribution in [-0.4, -0.2) is 29.9 Å². The van der Waals surface area contributed by atoms with Crippen LogP contribution in [0.1, 0.15) is 38.7 Å². The molecule has 0 saturated carbocycles. The Bertz CT molecular complexity index is 521. The van der Waals surface area contributed by atoms with E-state index in [9.17, 15) is 9.18 Å². The van der Waals surface area contributed by atoms with Crippen molar-refractivity contribution in [3.63, 3.8) is 0 Å². The number of carbonyl (C=O) groups is 1. The van der Waals surface area contributed by atoms with Crippen LogP contribution in [0.2, 0.25) is 0 Å². The highest BCUT2D eigenvalue weighted by Crippen LogP contribution is 2.20. The van der Waals surface area contributed by atoms with Gasteiger partial charge < -0.3 is 10.2 Å². The summed E-state index contributed by atoms with van der Waals surface area (Å²) in [5.74, 6) is 0.448. The molecule has 0 spiro atoms. The van der Waals surface area contributed by atoms with Crippen LogP contribution in [-0.2, 0) is 11.3 Å². The van der Waals surface area contributed by atoms with Crippen molar-refractivity contribution in [1.82, 2.24) is 10.2 Å². The fourth-order valence-electron chi connectivity index (χ4n) is 2.84. The van der Waals surface area contributed by atoms with E-state index in [-0.39, 0.29) is 30.2 Å². The molecule has 1 unspecified atom stereocenters. The second kappa shape index (κ2) is 9.60. The van der Waals surface area contributed by atoms with E-state index in [0.717, 1.165) is 30.4 Å². The molecule has 0 aromatic heterocycles. The molecule has 0 radical (unpaired) electrons. The minimum absolute atomic E-state index is 0. The van der Waals surface area contributed by atoms with Crippen molar-refractivity contribution < 1.29 is 9.18 Å². The number of rotatable bonds is 6. The number of hydrogen-bond acceptors (Lipinski definition) is 2. The summed E-state index contributed by atoms with van der Waals surface area (Å²) in [5, 5.41) is 3.32. The zero-order valence-electron chi connectivity index (χ0n) is 13.6. The molecule has 1 heterocycles. The summed E-state index contributed by atoms with van der Waals surface area (Å²) in [4.78, 5) is 14.3. The first-order valence-electron chi connectivity index (χ1n) is 7.91. The van der Waals surface area contributed by atoms with Crippen molar-refractivity contribution in [2.75, 3.05) is 13.1 Å². The fraction of sp³-hybridized carbons (Fsp3) is 0.588. The topological polar surface area (TPSA) is 32.3 Å². The number of hydrogen-bond donors (Lipinski definition) is 1. The minimum Gasteiger partial charge on any atom is -0.336 e. The summed E-state index contributed by atoms with van der Waals surface area (Å²) in [7, 11) is 0. The molecule has 1 fully saturated rings. The molecule has 1 aromatic rings. The Kier molecular flexibility index (Phi) is 8.51. The van der Waals surface area contributed by atoms with Crippen LogP contribution in [0.5, 0.6) is 0 Å². The molecule has 1 N–H and O–H groups in total. The molecule has 1 aliphatic heterocycles. The Labute approximate surface area is 152 Å². The summed E-state index contributed by atoms with van der Waals surface area (Å²) in [6.45, 7) is 6.34. The lowest BCUT2D eigenvalue weighted by Crippen LogP contribution is -2.36. The maximum absolute atomic E-state index is 13.9. The van der Waals surface area contributed by atoms with E-state index in [2.05, 4.69) is 21.2 Å². The van der Waals surface area contributed by atoms with E-state index < -0.39 is 0 Å². The van der Waals surface area contributed by atoms with E-state index in [1.54, 1.807) is 17.0 Å². The van der Waals surface area contributed by atoms with Crippen LogP contribution in [0, 0.1) is 11.7 Å². The molecule has 2 rings (SSSR count). The Morgan fingerprint density at radius 3 is 2.83 bits per heavy atom. The molecule has 1 amide bonds. The lowest BCUT2D eigenvalue weighted by Gasteiger charge is -2.27. The summed E-state index contributed by atoms with van der Waals surface area (Å²) < 4.78 is 14.8. The van der Waals surface area contributed by atoms with Gasteiger partial charge in [-0.3, -0.25) is 4.79 Å². The van der Waals surface area contributed by atoms with Gasteiger partial charge in [0.25, 0.3) is 0 Å². The van der Waals surface area contributed by atoms with Crippen LogP contribution < -0.4 is 5.32 Å². The second-order valence-corrected chi connectivity index (χ2v) is 7.16. The molecule has 6 heteroatoms. The van der Waals surface area contributed by atoms with Crippen LogP contribution in [0.25, 0.3) is 0 Å². The fourth-order valence-corrected chi connectivity index (χ4v) is 3.25. The highest BCUT2D eigenvalue weighted by atomic mass is 79.9. The van der Waals surface area contributed by atoms with Crippen molar-refractivity contribution in [1.29, 1.82) is 0 Å². The summed E-state index contributed by atoms with van der Waals surface area (Å²) in [6, 6.07) is 4.92. The molecule has 23 heavy (non-hydrogen) atoms. The third-order valence-corrected chi connectivity index (χ3v) is 4.71. The van der Waals surface area contributed by atoms with Gasteiger partial charge in [-0.1, -0.05) is 15.9 Å². The van der Waals surface area contributed by atoms with Crippen LogP contribution in [0.4, 0.5) is 4.39 Å². The predicted molar refractivity (Wildman–Crippen MR) is 97.2 cm³/mol. The zero-order valence-corrected chi connectivity index (χ0v) is 16.1. The van der Waals surface area contributed by atoms with Gasteiger partial charge in [0.05, 0.1) is 0 Å². The molecule has 1 atom stereocenters. The van der Waals surface area contributed by atoms with Gasteiger partial charge in [-0.25, -0.2) is 4.39 Å². The highest BCUT2D eigenvalue weighted by molar-refractivity contribution is 9.10. The van der Waals surface area contributed by atoms with E-state index in [1.165, 1.54) is 6.07 Å². The third-order valence-electron chi connectivity index (χ3n) is 4.22. The summed E-state index contributed by atoms with van der Waals surface area (Å²) in [5.41, 5.74) is 0.555. The number of benzene rings is 1. The van der Waals surface area contributed by atoms with E-state index >= 15 is 0 Å². The quantitative estimate of drug-likeness (QED) is 0.769. The van der Waals surface area contributed by atoms with Gasteiger partial charge in [0.1, 0.15) is 5.82 Å². The van der Waals surface area contributed by atoms with Crippen molar-refractivity contribution >= 4 is 34.2 Å². The Balaban J connectivity index is 0.00000264. The monoisotopic (exact) mass is 406 g/mol. The van der Waals surface area contributed by atoms with Crippen LogP contribution in [0.3, 0.4) is 0 Å². The first-order valence-corrected chi connectivity index (χ1v) is 8.70. The van der Waals surface area contributed by atoms with Crippen LogP contribution >= 0.6 is 28.3 Å². The second-order valence-electron chi connectivity index (χ2n) is 6.25. The van der Waals surface area contributed by atoms with Gasteiger partial charge in [0.2, 0.25) is 5.91 Å². The van der Waals surface area contributed by atoms with E-state index in [4.69, 9.17) is 0 Å². The molecule has 130 valence electrons. The first-order chi connectivity index (χ1) is 10.5. The maximum Gasteiger partial charge on any atom is 0.223 e. The van der Waals surface area contributed by atoms with E-state index in [0.29, 0.717) is 24.4 Å². The number of carbonyl (C=O) groups excluding carboxylic acids is 1. The Hall–Kier alpha value is -0.650. The number of nitrogens with one attached hydrogen (secondary N) is 1. The Morgan fingerprint density at radius 1 is 1.48 bits per heavy atom. The largest absolute Gasteiger partial charge is 0.336 e. The average molecular weight is 408 g/mol. The van der Waals surface area contributed by atoms with Crippen molar-refractivity contribution in [3.8, 4) is 0 Å². The lowest BCUT2D eigenvalue weighted by atomic mass is 10.0. The van der Waals surface area contributed by atoms with Gasteiger partial charge in [0, 0.05) is 29.0 Å². The summed E-state index contributed by atoms with van der Waals surface area (Å²) in [6.07, 6.45) is 2.60. The third kappa shape index (κ3) is 6.05. The molecule has 1 aromatic carbocycles. The van der Waals surface area contributed by atoms with Gasteiger partial charge in [0.15, 0.2) is 0 Å². The van der Waals surface area contributed by atoms with Gasteiger partial charge >= 0.3 is 0 Å². The number of amides is 1. The van der Waals surface area contributed by atoms with Gasteiger partial charge in [-0.05, 0) is 63.9 Å². The molecular weight excluding hydrogens is 383 g/mol. The average Bonchev–Trinajstić information content (AvgIpc) is 2.98. The lowest BCUT2D eigenvalue weighted by molar-refractivity contribution is -0.133. The van der Waals surface area contributed by atoms with Crippen molar-refractivity contribution in [2.24, 2.45) is 5.92 Å². The molecule has 1 saturated heterocycles. The number of nitrogens with zero attached hydrogens (tertiary/aromatic N) is 1. The SMILES string of the molecule is CC(C)N(Cc1cc(Br)ccc1F)C(=O)CCC1CCNC1.Cl. The first kappa shape index (κ1) is 20.4. The molecule has 3 nitrogen and oxygen atoms in total. The van der Waals surface area contributed by atoms with Crippen molar-refractivity contribution in [3.05, 3.63) is 34.1 Å². The number of halogens is 3. The molecule has 1 aliphatic rings. The summed E-state index contributed by atoms with van der Waals surface area (Å²) >= 11 is 3.36. The predicted octanol–water partition coefficient (Wildman–Crippen LogP) is 4.14. The van der Waals surface area contributed by atoms with Gasteiger partial charge in [-0.2, -0.15) is 0 Å². The minimum atomic E-state index is -0.262. The zero-order chi connectivity index (χ0) is 16.1. The molecule has 0 aliphatic carbocycles. The van der Waals surface area contributed by atoms with E-state index in [1.807, 2.05) is 13.8 Å². The van der Waals surface area contributed by atoms with Gasteiger partial charge in [-0.15, -0.1) is 12.4 Å². The normalized spacial score (nSPS) is 17.2. The highest BCUT2D eigenvalue weighted by Gasteiger charge is 2.21. The standard InChI is InChI=1S/C17H24BrFN2O.ClH/c1-12(2)21(11-14-9-15(18)4-5-16(14)19)17(22)6-3-13-7-8-20-10-13;/h4-5,9,12-13,20H,3,6-8,10-11H2,1-2H3;1H.